The molecular formula is C29H29FN4O4. The minimum atomic E-state index is -0.961. The molecule has 3 aliphatic heterocycles. The first kappa shape index (κ1) is 24.1. The predicted molar refractivity (Wildman–Crippen MR) is 141 cm³/mol. The van der Waals surface area contributed by atoms with Crippen molar-refractivity contribution in [3.05, 3.63) is 83.7 Å². The molecule has 0 spiro atoms. The highest BCUT2D eigenvalue weighted by molar-refractivity contribution is 5.99. The van der Waals surface area contributed by atoms with E-state index in [0.29, 0.717) is 55.3 Å². The van der Waals surface area contributed by atoms with Crippen LogP contribution in [-0.2, 0) is 0 Å². The molecule has 0 aliphatic carbocycles. The molecular weight excluding hydrogens is 487 g/mol. The van der Waals surface area contributed by atoms with E-state index in [1.165, 1.54) is 12.1 Å². The van der Waals surface area contributed by atoms with Crippen LogP contribution in [0.15, 0.2) is 66.7 Å². The van der Waals surface area contributed by atoms with Gasteiger partial charge in [-0.05, 0) is 55.5 Å². The zero-order chi connectivity index (χ0) is 26.4. The van der Waals surface area contributed by atoms with E-state index in [1.807, 2.05) is 36.1 Å². The lowest BCUT2D eigenvalue weighted by Crippen LogP contribution is -2.65. The van der Waals surface area contributed by atoms with Crippen LogP contribution in [-0.4, -0.2) is 55.9 Å². The number of carbonyl (C=O) groups excluding carboxylic acids is 2. The summed E-state index contributed by atoms with van der Waals surface area (Å²) in [7, 11) is 1.59. The number of ether oxygens (including phenoxy) is 2. The Hall–Kier alpha value is -4.27. The quantitative estimate of drug-likeness (QED) is 0.550. The zero-order valence-corrected chi connectivity index (χ0v) is 21.3. The van der Waals surface area contributed by atoms with Crippen molar-refractivity contribution in [2.24, 2.45) is 0 Å². The number of fused-ring (bicyclic) bond motifs is 4. The summed E-state index contributed by atoms with van der Waals surface area (Å²) in [4.78, 5) is 32.3. The molecule has 0 radical (unpaired) electrons. The molecule has 0 aromatic heterocycles. The van der Waals surface area contributed by atoms with E-state index in [2.05, 4.69) is 10.2 Å². The normalized spacial score (nSPS) is 22.3. The van der Waals surface area contributed by atoms with Gasteiger partial charge in [0.1, 0.15) is 5.82 Å². The lowest BCUT2D eigenvalue weighted by molar-refractivity contribution is 0.0349. The second-order valence-corrected chi connectivity index (χ2v) is 10.0. The first-order chi connectivity index (χ1) is 18.4. The van der Waals surface area contributed by atoms with Crippen LogP contribution >= 0.6 is 0 Å². The van der Waals surface area contributed by atoms with E-state index in [9.17, 15) is 14.0 Å². The van der Waals surface area contributed by atoms with Crippen LogP contribution in [0.2, 0.25) is 0 Å². The summed E-state index contributed by atoms with van der Waals surface area (Å²) >= 11 is 0. The molecule has 2 saturated heterocycles. The number of piperazine rings is 1. The van der Waals surface area contributed by atoms with Gasteiger partial charge in [0.15, 0.2) is 17.2 Å². The van der Waals surface area contributed by atoms with E-state index < -0.39 is 5.72 Å². The molecule has 3 aromatic rings. The number of urea groups is 1. The van der Waals surface area contributed by atoms with Gasteiger partial charge in [-0.1, -0.05) is 18.2 Å². The standard InChI is InChI=1S/C29H29FN4O4/c1-29-18-24(23-7-4-8-25(37-2)26(23)38-29)31-28(36)34(29)22-6-3-5-19(17-22)27(35)33-15-13-32(14-16-33)21-11-9-20(30)10-12-21/h3-12,17,24H,13-16,18H2,1-2H3,(H,31,36)/t24-,29+/m1/s1. The van der Waals surface area contributed by atoms with Gasteiger partial charge >= 0.3 is 6.03 Å². The summed E-state index contributed by atoms with van der Waals surface area (Å²) in [6.07, 6.45) is 0.544. The van der Waals surface area contributed by atoms with Crippen molar-refractivity contribution in [2.75, 3.05) is 43.1 Å². The third-order valence-electron chi connectivity index (χ3n) is 7.59. The minimum Gasteiger partial charge on any atom is -0.493 e. The van der Waals surface area contributed by atoms with Crippen molar-refractivity contribution in [2.45, 2.75) is 25.1 Å². The zero-order valence-electron chi connectivity index (χ0n) is 21.3. The molecule has 38 heavy (non-hydrogen) atoms. The van der Waals surface area contributed by atoms with Crippen LogP contribution in [0.25, 0.3) is 0 Å². The second kappa shape index (κ2) is 9.24. The summed E-state index contributed by atoms with van der Waals surface area (Å²) in [6.45, 7) is 4.28. The van der Waals surface area contributed by atoms with Crippen molar-refractivity contribution in [1.29, 1.82) is 0 Å². The van der Waals surface area contributed by atoms with Crippen molar-refractivity contribution in [1.82, 2.24) is 10.2 Å². The van der Waals surface area contributed by atoms with Gasteiger partial charge in [-0.3, -0.25) is 9.69 Å². The monoisotopic (exact) mass is 516 g/mol. The number of nitrogens with one attached hydrogen (secondary N) is 1. The molecule has 3 amide bonds. The molecule has 0 unspecified atom stereocenters. The number of carbonyl (C=O) groups is 2. The van der Waals surface area contributed by atoms with Crippen LogP contribution in [0.4, 0.5) is 20.6 Å². The molecule has 0 saturated carbocycles. The van der Waals surface area contributed by atoms with Crippen molar-refractivity contribution in [3.63, 3.8) is 0 Å². The Labute approximate surface area is 220 Å². The van der Waals surface area contributed by atoms with Gasteiger partial charge in [-0.15, -0.1) is 0 Å². The average Bonchev–Trinajstić information content (AvgIpc) is 2.92. The maximum atomic E-state index is 13.4. The fraction of sp³-hybridized carbons (Fsp3) is 0.310. The molecule has 2 atom stereocenters. The van der Waals surface area contributed by atoms with Gasteiger partial charge in [0.05, 0.1) is 18.8 Å². The number of methoxy groups -OCH3 is 1. The van der Waals surface area contributed by atoms with Gasteiger partial charge in [0.2, 0.25) is 0 Å². The number of amides is 3. The topological polar surface area (TPSA) is 74.3 Å². The Balaban J connectivity index is 1.22. The number of anilines is 2. The summed E-state index contributed by atoms with van der Waals surface area (Å²) in [6, 6.07) is 18.7. The van der Waals surface area contributed by atoms with Crippen molar-refractivity contribution >= 4 is 23.3 Å². The SMILES string of the molecule is COc1cccc2c1O[C@@]1(C)C[C@H]2NC(=O)N1c1cccc(C(=O)N2CCN(c3ccc(F)cc3)CC2)c1. The maximum absolute atomic E-state index is 13.4. The Morgan fingerprint density at radius 1 is 1.03 bits per heavy atom. The molecule has 3 aliphatic rings. The number of hydrogen-bond acceptors (Lipinski definition) is 5. The molecule has 2 fully saturated rings. The van der Waals surface area contributed by atoms with E-state index in [1.54, 1.807) is 42.3 Å². The van der Waals surface area contributed by atoms with Gasteiger partial charge in [0, 0.05) is 49.4 Å². The van der Waals surface area contributed by atoms with Gasteiger partial charge in [-0.2, -0.15) is 0 Å². The van der Waals surface area contributed by atoms with Crippen molar-refractivity contribution < 1.29 is 23.5 Å². The molecule has 196 valence electrons. The van der Waals surface area contributed by atoms with E-state index in [-0.39, 0.29) is 23.8 Å². The fourth-order valence-electron chi connectivity index (χ4n) is 5.69. The number of rotatable bonds is 4. The Kier molecular flexibility index (Phi) is 5.86. The van der Waals surface area contributed by atoms with Crippen LogP contribution in [0.3, 0.4) is 0 Å². The third kappa shape index (κ3) is 4.08. The van der Waals surface area contributed by atoms with Gasteiger partial charge in [0.25, 0.3) is 5.91 Å². The number of halogens is 1. The van der Waals surface area contributed by atoms with Gasteiger partial charge < -0.3 is 24.6 Å². The third-order valence-corrected chi connectivity index (χ3v) is 7.59. The minimum absolute atomic E-state index is 0.0948. The number of benzene rings is 3. The molecule has 2 bridgehead atoms. The van der Waals surface area contributed by atoms with Crippen LogP contribution in [0.1, 0.15) is 35.3 Å². The Morgan fingerprint density at radius 3 is 2.50 bits per heavy atom. The van der Waals surface area contributed by atoms with E-state index >= 15 is 0 Å². The highest BCUT2D eigenvalue weighted by atomic mass is 19.1. The lowest BCUT2D eigenvalue weighted by atomic mass is 9.89. The molecule has 3 heterocycles. The molecule has 8 nitrogen and oxygen atoms in total. The Morgan fingerprint density at radius 2 is 1.76 bits per heavy atom. The van der Waals surface area contributed by atoms with Crippen LogP contribution in [0.5, 0.6) is 11.5 Å². The maximum Gasteiger partial charge on any atom is 0.325 e. The highest BCUT2D eigenvalue weighted by Crippen LogP contribution is 2.49. The summed E-state index contributed by atoms with van der Waals surface area (Å²) < 4.78 is 25.2. The first-order valence-corrected chi connectivity index (χ1v) is 12.7. The first-order valence-electron chi connectivity index (χ1n) is 12.7. The summed E-state index contributed by atoms with van der Waals surface area (Å²) in [5, 5.41) is 3.09. The van der Waals surface area contributed by atoms with E-state index in [0.717, 1.165) is 11.3 Å². The smallest absolute Gasteiger partial charge is 0.325 e. The molecule has 1 N–H and O–H groups in total. The average molecular weight is 517 g/mol. The summed E-state index contributed by atoms with van der Waals surface area (Å²) in [5.74, 6) is 0.863. The Bertz CT molecular complexity index is 1390. The van der Waals surface area contributed by atoms with Crippen LogP contribution < -0.4 is 24.6 Å². The summed E-state index contributed by atoms with van der Waals surface area (Å²) in [5.41, 5.74) is 1.95. The van der Waals surface area contributed by atoms with Crippen LogP contribution in [0, 0.1) is 5.82 Å². The van der Waals surface area contributed by atoms with Gasteiger partial charge in [-0.25, -0.2) is 9.18 Å². The number of para-hydroxylation sites is 1. The van der Waals surface area contributed by atoms with Crippen molar-refractivity contribution in [3.8, 4) is 11.5 Å². The fourth-order valence-corrected chi connectivity index (χ4v) is 5.69. The number of hydrogen-bond donors (Lipinski definition) is 1. The highest BCUT2D eigenvalue weighted by Gasteiger charge is 2.50. The van der Waals surface area contributed by atoms with E-state index in [4.69, 9.17) is 9.47 Å². The molecule has 9 heteroatoms. The lowest BCUT2D eigenvalue weighted by Gasteiger charge is -2.50. The second-order valence-electron chi connectivity index (χ2n) is 10.0. The molecule has 3 aromatic carbocycles. The number of nitrogens with zero attached hydrogens (tertiary/aromatic N) is 3. The largest absolute Gasteiger partial charge is 0.493 e. The predicted octanol–water partition coefficient (Wildman–Crippen LogP) is 4.57. The molecule has 6 rings (SSSR count).